The molecule has 2 aliphatic rings. The number of nitrogens with zero attached hydrogens (tertiary/aromatic N) is 2. The van der Waals surface area contributed by atoms with E-state index in [-0.39, 0.29) is 6.10 Å². The third-order valence-electron chi connectivity index (χ3n) is 6.06. The lowest BCUT2D eigenvalue weighted by atomic mass is 10.1. The van der Waals surface area contributed by atoms with Crippen molar-refractivity contribution in [2.75, 3.05) is 27.2 Å². The Labute approximate surface area is 185 Å². The summed E-state index contributed by atoms with van der Waals surface area (Å²) in [5, 5.41) is 6.79. The van der Waals surface area contributed by atoms with Crippen molar-refractivity contribution in [2.24, 2.45) is 4.99 Å². The van der Waals surface area contributed by atoms with E-state index in [2.05, 4.69) is 63.8 Å². The van der Waals surface area contributed by atoms with Crippen molar-refractivity contribution < 1.29 is 9.47 Å². The van der Waals surface area contributed by atoms with Crippen LogP contribution >= 0.6 is 0 Å². The maximum atomic E-state index is 5.90. The Kier molecular flexibility index (Phi) is 6.97. The van der Waals surface area contributed by atoms with Gasteiger partial charge in [-0.2, -0.15) is 0 Å². The van der Waals surface area contributed by atoms with Crippen LogP contribution in [0, 0.1) is 0 Å². The van der Waals surface area contributed by atoms with Gasteiger partial charge in [0.1, 0.15) is 17.6 Å². The first-order valence-corrected chi connectivity index (χ1v) is 11.3. The predicted octanol–water partition coefficient (Wildman–Crippen LogP) is 3.48. The minimum Gasteiger partial charge on any atom is -0.496 e. The number of nitrogens with one attached hydrogen (secondary N) is 2. The molecule has 4 rings (SSSR count). The minimum atomic E-state index is 0.221. The van der Waals surface area contributed by atoms with Crippen LogP contribution in [0.2, 0.25) is 0 Å². The van der Waals surface area contributed by atoms with Crippen molar-refractivity contribution in [3.05, 3.63) is 58.7 Å². The molecule has 2 N–H and O–H groups in total. The van der Waals surface area contributed by atoms with Crippen LogP contribution in [0.5, 0.6) is 11.5 Å². The maximum Gasteiger partial charge on any atom is 0.191 e. The molecule has 2 aromatic carbocycles. The summed E-state index contributed by atoms with van der Waals surface area (Å²) >= 11 is 0. The zero-order chi connectivity index (χ0) is 21.6. The molecular formula is C25H34N4O2. The third kappa shape index (κ3) is 5.50. The van der Waals surface area contributed by atoms with Crippen LogP contribution in [0.1, 0.15) is 42.0 Å². The Morgan fingerprint density at radius 3 is 2.52 bits per heavy atom. The Bertz CT molecular complexity index is 904. The SMILES string of the molecule is CN=C(NCc1ccc(CN2CCCC2)cc1)NCc1cc2c(cc1OC)CC(C)O2. The van der Waals surface area contributed by atoms with Gasteiger partial charge in [0.15, 0.2) is 5.96 Å². The molecule has 0 aliphatic carbocycles. The molecule has 0 spiro atoms. The van der Waals surface area contributed by atoms with Crippen molar-refractivity contribution >= 4 is 5.96 Å². The molecule has 0 bridgehead atoms. The fraction of sp³-hybridized carbons (Fsp3) is 0.480. The van der Waals surface area contributed by atoms with E-state index < -0.39 is 0 Å². The van der Waals surface area contributed by atoms with E-state index >= 15 is 0 Å². The lowest BCUT2D eigenvalue weighted by molar-refractivity contribution is 0.254. The number of likely N-dealkylation sites (tertiary alicyclic amines) is 1. The Morgan fingerprint density at radius 1 is 1.10 bits per heavy atom. The molecule has 1 atom stereocenters. The number of guanidine groups is 1. The molecule has 2 aromatic rings. The van der Waals surface area contributed by atoms with Gasteiger partial charge in [0, 0.05) is 44.2 Å². The molecule has 6 nitrogen and oxygen atoms in total. The Balaban J connectivity index is 1.30. The van der Waals surface area contributed by atoms with Crippen LogP contribution in [-0.2, 0) is 26.1 Å². The number of methoxy groups -OCH3 is 1. The van der Waals surface area contributed by atoms with Crippen LogP contribution in [-0.4, -0.2) is 44.2 Å². The molecule has 166 valence electrons. The summed E-state index contributed by atoms with van der Waals surface area (Å²) in [7, 11) is 3.50. The third-order valence-corrected chi connectivity index (χ3v) is 6.06. The molecular weight excluding hydrogens is 388 g/mol. The average molecular weight is 423 g/mol. The van der Waals surface area contributed by atoms with E-state index in [4.69, 9.17) is 9.47 Å². The minimum absolute atomic E-state index is 0.221. The number of hydrogen-bond acceptors (Lipinski definition) is 4. The Morgan fingerprint density at radius 2 is 1.81 bits per heavy atom. The van der Waals surface area contributed by atoms with E-state index in [1.54, 1.807) is 14.2 Å². The van der Waals surface area contributed by atoms with Gasteiger partial charge in [-0.15, -0.1) is 0 Å². The number of hydrogen-bond donors (Lipinski definition) is 2. The van der Waals surface area contributed by atoms with E-state index in [0.717, 1.165) is 42.5 Å². The van der Waals surface area contributed by atoms with Gasteiger partial charge in [-0.1, -0.05) is 24.3 Å². The standard InChI is InChI=1S/C25H34N4O2/c1-18-12-21-13-23(30-3)22(14-24(21)31-18)16-28-25(26-2)27-15-19-6-8-20(9-7-19)17-29-10-4-5-11-29/h6-9,13-14,18H,4-5,10-12,15-17H2,1-3H3,(H2,26,27,28). The topological polar surface area (TPSA) is 58.1 Å². The van der Waals surface area contributed by atoms with Crippen molar-refractivity contribution in [3.63, 3.8) is 0 Å². The summed E-state index contributed by atoms with van der Waals surface area (Å²) in [4.78, 5) is 6.89. The number of benzene rings is 2. The molecule has 2 aliphatic heterocycles. The fourth-order valence-electron chi connectivity index (χ4n) is 4.36. The summed E-state index contributed by atoms with van der Waals surface area (Å²) in [6, 6.07) is 13.1. The van der Waals surface area contributed by atoms with Gasteiger partial charge in [-0.05, 0) is 56.1 Å². The highest BCUT2D eigenvalue weighted by Gasteiger charge is 2.21. The largest absolute Gasteiger partial charge is 0.496 e. The fourth-order valence-corrected chi connectivity index (χ4v) is 4.36. The molecule has 0 aromatic heterocycles. The van der Waals surface area contributed by atoms with Crippen molar-refractivity contribution in [1.82, 2.24) is 15.5 Å². The highest BCUT2D eigenvalue weighted by atomic mass is 16.5. The summed E-state index contributed by atoms with van der Waals surface area (Å²) in [5.41, 5.74) is 4.90. The van der Waals surface area contributed by atoms with E-state index in [9.17, 15) is 0 Å². The average Bonchev–Trinajstić information content (AvgIpc) is 3.42. The number of ether oxygens (including phenoxy) is 2. The van der Waals surface area contributed by atoms with Gasteiger partial charge in [-0.3, -0.25) is 9.89 Å². The van der Waals surface area contributed by atoms with Crippen molar-refractivity contribution in [1.29, 1.82) is 0 Å². The summed E-state index contributed by atoms with van der Waals surface area (Å²) in [6.07, 6.45) is 3.81. The van der Waals surface area contributed by atoms with Crippen LogP contribution in [0.25, 0.3) is 0 Å². The van der Waals surface area contributed by atoms with Crippen LogP contribution in [0.3, 0.4) is 0 Å². The molecule has 0 radical (unpaired) electrons. The summed E-state index contributed by atoms with van der Waals surface area (Å²) < 4.78 is 11.5. The van der Waals surface area contributed by atoms with Gasteiger partial charge in [-0.25, -0.2) is 0 Å². The van der Waals surface area contributed by atoms with Crippen LogP contribution < -0.4 is 20.1 Å². The first-order chi connectivity index (χ1) is 15.1. The molecule has 2 heterocycles. The molecule has 1 saturated heterocycles. The zero-order valence-corrected chi connectivity index (χ0v) is 18.9. The molecule has 0 saturated carbocycles. The van der Waals surface area contributed by atoms with E-state index in [1.165, 1.54) is 42.6 Å². The highest BCUT2D eigenvalue weighted by Crippen LogP contribution is 2.34. The highest BCUT2D eigenvalue weighted by molar-refractivity contribution is 5.79. The summed E-state index contributed by atoms with van der Waals surface area (Å²) in [6.45, 7) is 6.95. The van der Waals surface area contributed by atoms with Gasteiger partial charge >= 0.3 is 0 Å². The smallest absolute Gasteiger partial charge is 0.191 e. The molecule has 1 fully saturated rings. The number of fused-ring (bicyclic) bond motifs is 1. The first kappa shape index (κ1) is 21.5. The lowest BCUT2D eigenvalue weighted by Crippen LogP contribution is -2.36. The first-order valence-electron chi connectivity index (χ1n) is 11.3. The maximum absolute atomic E-state index is 5.90. The second-order valence-electron chi connectivity index (χ2n) is 8.48. The van der Waals surface area contributed by atoms with E-state index in [0.29, 0.717) is 6.54 Å². The van der Waals surface area contributed by atoms with Gasteiger partial charge in [0.25, 0.3) is 0 Å². The zero-order valence-electron chi connectivity index (χ0n) is 18.9. The van der Waals surface area contributed by atoms with E-state index in [1.807, 2.05) is 0 Å². The van der Waals surface area contributed by atoms with Crippen LogP contribution in [0.15, 0.2) is 41.4 Å². The molecule has 0 amide bonds. The van der Waals surface area contributed by atoms with Gasteiger partial charge in [0.2, 0.25) is 0 Å². The monoisotopic (exact) mass is 422 g/mol. The lowest BCUT2D eigenvalue weighted by Gasteiger charge is -2.16. The Hall–Kier alpha value is -2.73. The van der Waals surface area contributed by atoms with Gasteiger partial charge < -0.3 is 20.1 Å². The molecule has 31 heavy (non-hydrogen) atoms. The number of rotatable bonds is 7. The normalized spacial score (nSPS) is 18.5. The predicted molar refractivity (Wildman–Crippen MR) is 125 cm³/mol. The number of aliphatic imine (C=N–C) groups is 1. The quantitative estimate of drug-likeness (QED) is 0.529. The summed E-state index contributed by atoms with van der Waals surface area (Å²) in [5.74, 6) is 2.60. The van der Waals surface area contributed by atoms with Crippen molar-refractivity contribution in [3.8, 4) is 11.5 Å². The molecule has 6 heteroatoms. The van der Waals surface area contributed by atoms with Crippen molar-refractivity contribution in [2.45, 2.75) is 51.9 Å². The second-order valence-corrected chi connectivity index (χ2v) is 8.48. The van der Waals surface area contributed by atoms with Gasteiger partial charge in [0.05, 0.1) is 7.11 Å². The van der Waals surface area contributed by atoms with Crippen LogP contribution in [0.4, 0.5) is 0 Å². The second kappa shape index (κ2) is 10.1. The molecule has 1 unspecified atom stereocenters.